The highest BCUT2D eigenvalue weighted by Gasteiger charge is 2.25. The highest BCUT2D eigenvalue weighted by molar-refractivity contribution is 6.16. The van der Waals surface area contributed by atoms with E-state index in [0.717, 1.165) is 50.2 Å². The van der Waals surface area contributed by atoms with Gasteiger partial charge in [-0.05, 0) is 48.9 Å². The van der Waals surface area contributed by atoms with Crippen LogP contribution in [0.4, 0.5) is 5.69 Å². The molecule has 2 heterocycles. The average molecular weight is 472 g/mol. The molecule has 178 valence electrons. The Bertz CT molecular complexity index is 1650. The van der Waals surface area contributed by atoms with E-state index in [1.807, 2.05) is 24.3 Å². The van der Waals surface area contributed by atoms with Crippen LogP contribution in [0, 0.1) is 26.3 Å². The van der Waals surface area contributed by atoms with Crippen LogP contribution in [-0.4, -0.2) is 0 Å². The van der Waals surface area contributed by atoms with E-state index in [2.05, 4.69) is 72.9 Å². The molecular weight excluding hydrogens is 440 g/mol. The summed E-state index contributed by atoms with van der Waals surface area (Å²) >= 11 is 0. The fourth-order valence-corrected chi connectivity index (χ4v) is 6.25. The Hall–Kier alpha value is -3.90. The Morgan fingerprint density at radius 1 is 0.917 bits per heavy atom. The molecule has 5 aromatic rings. The van der Waals surface area contributed by atoms with Crippen LogP contribution in [0.15, 0.2) is 71.3 Å². The van der Waals surface area contributed by atoms with E-state index in [9.17, 15) is 0 Å². The SMILES string of the molecule is [C-]#[N+]c1ccc2c(oc3c(-c4ccc(CC5CCCC5)c[n+]4C)c(C)cc(C)c32)c1-c1ccccc1. The van der Waals surface area contributed by atoms with Crippen molar-refractivity contribution in [3.63, 3.8) is 0 Å². The maximum absolute atomic E-state index is 7.81. The lowest BCUT2D eigenvalue weighted by atomic mass is 9.94. The van der Waals surface area contributed by atoms with Gasteiger partial charge in [0.1, 0.15) is 18.2 Å². The molecule has 0 saturated heterocycles. The van der Waals surface area contributed by atoms with Crippen molar-refractivity contribution >= 4 is 27.6 Å². The van der Waals surface area contributed by atoms with E-state index in [-0.39, 0.29) is 0 Å². The monoisotopic (exact) mass is 471 g/mol. The molecule has 3 heteroatoms. The van der Waals surface area contributed by atoms with Gasteiger partial charge in [0.25, 0.3) is 0 Å². The molecule has 0 atom stereocenters. The number of benzene rings is 3. The van der Waals surface area contributed by atoms with Crippen LogP contribution < -0.4 is 4.57 Å². The number of aryl methyl sites for hydroxylation is 3. The van der Waals surface area contributed by atoms with Crippen molar-refractivity contribution in [3.05, 3.63) is 95.0 Å². The Labute approximate surface area is 212 Å². The second-order valence-corrected chi connectivity index (χ2v) is 10.4. The van der Waals surface area contributed by atoms with Crippen LogP contribution in [0.25, 0.3) is 49.2 Å². The second kappa shape index (κ2) is 8.95. The molecule has 1 fully saturated rings. The zero-order valence-electron chi connectivity index (χ0n) is 21.3. The third-order valence-corrected chi connectivity index (χ3v) is 7.92. The predicted molar refractivity (Wildman–Crippen MR) is 147 cm³/mol. The summed E-state index contributed by atoms with van der Waals surface area (Å²) in [5.74, 6) is 0.826. The number of furan rings is 1. The van der Waals surface area contributed by atoms with E-state index >= 15 is 0 Å². The lowest BCUT2D eigenvalue weighted by Gasteiger charge is -2.10. The smallest absolute Gasteiger partial charge is 0.216 e. The summed E-state index contributed by atoms with van der Waals surface area (Å²) in [5.41, 5.74) is 10.3. The maximum atomic E-state index is 7.81. The van der Waals surface area contributed by atoms with Gasteiger partial charge in [-0.3, -0.25) is 0 Å². The molecule has 6 rings (SSSR count). The van der Waals surface area contributed by atoms with Crippen LogP contribution in [-0.2, 0) is 13.5 Å². The number of hydrogen-bond acceptors (Lipinski definition) is 1. The average Bonchev–Trinajstić information content (AvgIpc) is 3.53. The Balaban J connectivity index is 1.58. The quantitative estimate of drug-likeness (QED) is 0.190. The minimum Gasteiger partial charge on any atom is -0.456 e. The summed E-state index contributed by atoms with van der Waals surface area (Å²) in [6.07, 6.45) is 8.94. The van der Waals surface area contributed by atoms with Gasteiger partial charge in [0.15, 0.2) is 11.9 Å². The van der Waals surface area contributed by atoms with Gasteiger partial charge in [-0.15, -0.1) is 0 Å². The first-order valence-corrected chi connectivity index (χ1v) is 13.0. The number of aromatic nitrogens is 1. The molecule has 36 heavy (non-hydrogen) atoms. The molecule has 3 aromatic carbocycles. The molecule has 2 aromatic heterocycles. The van der Waals surface area contributed by atoms with Crippen molar-refractivity contribution in [2.45, 2.75) is 46.0 Å². The van der Waals surface area contributed by atoms with Gasteiger partial charge in [-0.2, -0.15) is 0 Å². The summed E-state index contributed by atoms with van der Waals surface area (Å²) in [6.45, 7) is 12.1. The van der Waals surface area contributed by atoms with Crippen LogP contribution in [0.1, 0.15) is 42.4 Å². The summed E-state index contributed by atoms with van der Waals surface area (Å²) in [5, 5.41) is 2.20. The van der Waals surface area contributed by atoms with Gasteiger partial charge < -0.3 is 4.42 Å². The van der Waals surface area contributed by atoms with Gasteiger partial charge in [0.05, 0.1) is 12.1 Å². The lowest BCUT2D eigenvalue weighted by molar-refractivity contribution is -0.660. The molecule has 3 nitrogen and oxygen atoms in total. The minimum absolute atomic E-state index is 0.616. The number of pyridine rings is 1. The highest BCUT2D eigenvalue weighted by atomic mass is 16.3. The third kappa shape index (κ3) is 3.69. The Morgan fingerprint density at radius 2 is 1.69 bits per heavy atom. The molecule has 1 aliphatic carbocycles. The molecule has 0 aliphatic heterocycles. The molecule has 0 spiro atoms. The van der Waals surface area contributed by atoms with Gasteiger partial charge in [-0.1, -0.05) is 74.2 Å². The van der Waals surface area contributed by atoms with Crippen LogP contribution >= 0.6 is 0 Å². The molecule has 1 aliphatic rings. The highest BCUT2D eigenvalue weighted by Crippen LogP contribution is 2.45. The van der Waals surface area contributed by atoms with Crippen molar-refractivity contribution in [1.29, 1.82) is 0 Å². The summed E-state index contributed by atoms with van der Waals surface area (Å²) in [4.78, 5) is 3.84. The third-order valence-electron chi connectivity index (χ3n) is 7.92. The molecule has 0 radical (unpaired) electrons. The lowest BCUT2D eigenvalue weighted by Crippen LogP contribution is -2.31. The molecule has 0 bridgehead atoms. The van der Waals surface area contributed by atoms with Crippen molar-refractivity contribution in [2.24, 2.45) is 13.0 Å². The van der Waals surface area contributed by atoms with E-state index in [4.69, 9.17) is 11.0 Å². The number of nitrogens with zero attached hydrogens (tertiary/aromatic N) is 2. The second-order valence-electron chi connectivity index (χ2n) is 10.4. The van der Waals surface area contributed by atoms with Crippen molar-refractivity contribution < 1.29 is 8.98 Å². The standard InChI is InChI=1S/C33H31N2O/c1-21-18-22(2)30(28-17-14-24(20-35(28)4)19-23-10-8-9-11-23)33-29(21)26-15-16-27(34-3)31(32(26)36-33)25-12-6-5-7-13-25/h5-7,12-18,20,23H,8-11,19H2,1-2,4H3/q+1. The van der Waals surface area contributed by atoms with Gasteiger partial charge in [0.2, 0.25) is 5.69 Å². The molecule has 0 N–H and O–H groups in total. The number of fused-ring (bicyclic) bond motifs is 3. The zero-order chi connectivity index (χ0) is 24.8. The van der Waals surface area contributed by atoms with Crippen molar-refractivity contribution in [2.75, 3.05) is 0 Å². The molecule has 0 unspecified atom stereocenters. The van der Waals surface area contributed by atoms with Gasteiger partial charge >= 0.3 is 0 Å². The van der Waals surface area contributed by atoms with Crippen molar-refractivity contribution in [3.8, 4) is 22.4 Å². The fourth-order valence-electron chi connectivity index (χ4n) is 6.25. The Kier molecular flexibility index (Phi) is 5.61. The first kappa shape index (κ1) is 22.6. The summed E-state index contributed by atoms with van der Waals surface area (Å²) in [6, 6.07) is 21.0. The molecule has 0 amide bonds. The van der Waals surface area contributed by atoms with Crippen LogP contribution in [0.2, 0.25) is 0 Å². The zero-order valence-corrected chi connectivity index (χ0v) is 21.3. The molecule has 1 saturated carbocycles. The number of hydrogen-bond donors (Lipinski definition) is 0. The topological polar surface area (TPSA) is 21.4 Å². The largest absolute Gasteiger partial charge is 0.456 e. The van der Waals surface area contributed by atoms with Gasteiger partial charge in [-0.25, -0.2) is 9.41 Å². The number of rotatable bonds is 4. The fraction of sp³-hybridized carbons (Fsp3) is 0.273. The van der Waals surface area contributed by atoms with Crippen molar-refractivity contribution in [1.82, 2.24) is 0 Å². The van der Waals surface area contributed by atoms with E-state index in [0.29, 0.717) is 5.69 Å². The summed E-state index contributed by atoms with van der Waals surface area (Å²) in [7, 11) is 2.15. The van der Waals surface area contributed by atoms with Crippen LogP contribution in [0.3, 0.4) is 0 Å². The van der Waals surface area contributed by atoms with E-state index in [1.165, 1.54) is 48.8 Å². The molecular formula is C33H31N2O+. The normalized spacial score (nSPS) is 14.1. The minimum atomic E-state index is 0.616. The predicted octanol–water partition coefficient (Wildman–Crippen LogP) is 8.64. The first-order chi connectivity index (χ1) is 17.5. The van der Waals surface area contributed by atoms with Gasteiger partial charge in [0, 0.05) is 28.0 Å². The maximum Gasteiger partial charge on any atom is 0.216 e. The van der Waals surface area contributed by atoms with E-state index in [1.54, 1.807) is 0 Å². The van der Waals surface area contributed by atoms with E-state index < -0.39 is 0 Å². The Morgan fingerprint density at radius 3 is 2.42 bits per heavy atom. The first-order valence-electron chi connectivity index (χ1n) is 13.0. The summed E-state index contributed by atoms with van der Waals surface area (Å²) < 4.78 is 9.03. The van der Waals surface area contributed by atoms with Crippen LogP contribution in [0.5, 0.6) is 0 Å².